The molecular weight excluding hydrogens is 426 g/mol. The number of nitrogens with one attached hydrogen (secondary N) is 1. The van der Waals surface area contributed by atoms with Crippen molar-refractivity contribution in [3.05, 3.63) is 71.8 Å². The lowest BCUT2D eigenvalue weighted by Gasteiger charge is -2.10. The van der Waals surface area contributed by atoms with Gasteiger partial charge in [0.15, 0.2) is 29.0 Å². The van der Waals surface area contributed by atoms with E-state index in [0.29, 0.717) is 0 Å². The molecule has 1 aromatic carbocycles. The number of ether oxygens (including phenoxy) is 2. The molecule has 0 aliphatic heterocycles. The fraction of sp³-hybridized carbons (Fsp3) is 0.208. The fourth-order valence-corrected chi connectivity index (χ4v) is 5.55. The van der Waals surface area contributed by atoms with Gasteiger partial charge in [-0.25, -0.2) is 15.0 Å². The van der Waals surface area contributed by atoms with Crippen LogP contribution in [0.5, 0.6) is 11.5 Å². The molecule has 3 aromatic heterocycles. The van der Waals surface area contributed by atoms with Crippen molar-refractivity contribution in [2.45, 2.75) is 24.8 Å². The zero-order chi connectivity index (χ0) is 21.8. The minimum Gasteiger partial charge on any atom is -0.493 e. The second-order valence-corrected chi connectivity index (χ2v) is 9.04. The molecule has 31 heavy (non-hydrogen) atoms. The van der Waals surface area contributed by atoms with E-state index in [4.69, 9.17) is 9.47 Å². The standard InChI is InChI=1S/C24H23N3O2S2/c1-15-11-16(2)27-24(26-15)30-14-19-13-22(17-7-9-25-10-8-17)31-23(19)18-5-6-20(28-3)21(12-18)29-4/h5-13H,14H2,1-4H3/p+1. The third-order valence-electron chi connectivity index (χ3n) is 4.78. The van der Waals surface area contributed by atoms with E-state index in [9.17, 15) is 0 Å². The Morgan fingerprint density at radius 3 is 2.26 bits per heavy atom. The summed E-state index contributed by atoms with van der Waals surface area (Å²) in [4.78, 5) is 14.7. The van der Waals surface area contributed by atoms with Crippen LogP contribution in [-0.4, -0.2) is 24.2 Å². The number of thiophene rings is 1. The van der Waals surface area contributed by atoms with E-state index in [1.807, 2.05) is 44.4 Å². The van der Waals surface area contributed by atoms with Gasteiger partial charge in [-0.1, -0.05) is 11.8 Å². The van der Waals surface area contributed by atoms with Crippen LogP contribution in [0.4, 0.5) is 0 Å². The number of aromatic nitrogens is 3. The monoisotopic (exact) mass is 450 g/mol. The Labute approximate surface area is 190 Å². The Balaban J connectivity index is 1.73. The topological polar surface area (TPSA) is 58.4 Å². The van der Waals surface area contributed by atoms with Crippen molar-refractivity contribution in [2.75, 3.05) is 14.2 Å². The Kier molecular flexibility index (Phi) is 6.53. The summed E-state index contributed by atoms with van der Waals surface area (Å²) < 4.78 is 10.9. The fourth-order valence-electron chi connectivity index (χ4n) is 3.35. The third-order valence-corrected chi connectivity index (χ3v) is 6.95. The van der Waals surface area contributed by atoms with Crippen LogP contribution in [0.1, 0.15) is 17.0 Å². The molecule has 4 aromatic rings. The number of rotatable bonds is 7. The number of aryl methyl sites for hydroxylation is 2. The van der Waals surface area contributed by atoms with Gasteiger partial charge in [-0.15, -0.1) is 11.3 Å². The second kappa shape index (κ2) is 9.49. The van der Waals surface area contributed by atoms with Crippen LogP contribution in [0.25, 0.3) is 20.9 Å². The van der Waals surface area contributed by atoms with Crippen LogP contribution in [0.2, 0.25) is 0 Å². The summed E-state index contributed by atoms with van der Waals surface area (Å²) in [7, 11) is 3.31. The predicted octanol–water partition coefficient (Wildman–Crippen LogP) is 5.61. The zero-order valence-corrected chi connectivity index (χ0v) is 19.6. The Morgan fingerprint density at radius 2 is 1.58 bits per heavy atom. The van der Waals surface area contributed by atoms with Crippen LogP contribution in [0.3, 0.4) is 0 Å². The highest BCUT2D eigenvalue weighted by Gasteiger charge is 2.16. The number of nitrogens with zero attached hydrogens (tertiary/aromatic N) is 2. The van der Waals surface area contributed by atoms with Crippen molar-refractivity contribution in [1.29, 1.82) is 0 Å². The average molecular weight is 451 g/mol. The summed E-state index contributed by atoms with van der Waals surface area (Å²) in [6.45, 7) is 4.01. The van der Waals surface area contributed by atoms with Crippen LogP contribution in [0.15, 0.2) is 60.0 Å². The number of hydrogen-bond donors (Lipinski definition) is 0. The maximum absolute atomic E-state index is 5.54. The van der Waals surface area contributed by atoms with E-state index in [2.05, 4.69) is 39.2 Å². The lowest BCUT2D eigenvalue weighted by molar-refractivity contribution is -0.377. The van der Waals surface area contributed by atoms with E-state index >= 15 is 0 Å². The molecule has 0 saturated carbocycles. The molecular formula is C24H24N3O2S2+. The van der Waals surface area contributed by atoms with E-state index in [0.717, 1.165) is 39.4 Å². The maximum atomic E-state index is 5.54. The van der Waals surface area contributed by atoms with Gasteiger partial charge in [-0.2, -0.15) is 0 Å². The molecule has 5 nitrogen and oxygen atoms in total. The molecule has 0 aliphatic carbocycles. The molecule has 0 bridgehead atoms. The Morgan fingerprint density at radius 1 is 0.871 bits per heavy atom. The highest BCUT2D eigenvalue weighted by Crippen LogP contribution is 2.42. The van der Waals surface area contributed by atoms with Crippen LogP contribution < -0.4 is 14.5 Å². The van der Waals surface area contributed by atoms with Gasteiger partial charge in [0, 0.05) is 44.6 Å². The molecule has 7 heteroatoms. The molecule has 158 valence electrons. The van der Waals surface area contributed by atoms with E-state index in [1.165, 1.54) is 20.9 Å². The summed E-state index contributed by atoms with van der Waals surface area (Å²) in [6, 6.07) is 14.5. The summed E-state index contributed by atoms with van der Waals surface area (Å²) in [6.07, 6.45) is 3.89. The van der Waals surface area contributed by atoms with Gasteiger partial charge >= 0.3 is 0 Å². The Bertz CT molecular complexity index is 1170. The summed E-state index contributed by atoms with van der Waals surface area (Å²) in [5, 5.41) is 0.804. The number of thioether (sulfide) groups is 1. The highest BCUT2D eigenvalue weighted by atomic mass is 32.2. The lowest BCUT2D eigenvalue weighted by atomic mass is 10.1. The normalized spacial score (nSPS) is 10.8. The lowest BCUT2D eigenvalue weighted by Crippen LogP contribution is -1.96. The molecule has 0 spiro atoms. The molecule has 4 rings (SSSR count). The van der Waals surface area contributed by atoms with E-state index < -0.39 is 0 Å². The molecule has 0 unspecified atom stereocenters. The van der Waals surface area contributed by atoms with Gasteiger partial charge in [-0.05, 0) is 55.3 Å². The molecule has 0 fully saturated rings. The van der Waals surface area contributed by atoms with E-state index in [1.54, 1.807) is 37.3 Å². The minimum atomic E-state index is 0.723. The summed E-state index contributed by atoms with van der Waals surface area (Å²) in [5.41, 5.74) is 5.51. The number of H-pyrrole nitrogens is 1. The van der Waals surface area contributed by atoms with E-state index in [-0.39, 0.29) is 0 Å². The van der Waals surface area contributed by atoms with Crippen molar-refractivity contribution in [3.8, 4) is 32.4 Å². The number of methoxy groups -OCH3 is 2. The number of pyridine rings is 1. The van der Waals surface area contributed by atoms with Crippen LogP contribution in [0, 0.1) is 13.8 Å². The van der Waals surface area contributed by atoms with Crippen molar-refractivity contribution in [3.63, 3.8) is 0 Å². The zero-order valence-electron chi connectivity index (χ0n) is 17.9. The molecule has 0 aliphatic rings. The maximum Gasteiger partial charge on any atom is 0.188 e. The van der Waals surface area contributed by atoms with Gasteiger partial charge in [-0.3, -0.25) is 0 Å². The third kappa shape index (κ3) is 4.89. The first-order valence-electron chi connectivity index (χ1n) is 9.84. The van der Waals surface area contributed by atoms with Gasteiger partial charge in [0.2, 0.25) is 0 Å². The largest absolute Gasteiger partial charge is 0.493 e. The van der Waals surface area contributed by atoms with Crippen molar-refractivity contribution < 1.29 is 14.5 Å². The molecule has 0 radical (unpaired) electrons. The first-order chi connectivity index (χ1) is 15.1. The molecule has 0 atom stereocenters. The van der Waals surface area contributed by atoms with Crippen LogP contribution in [-0.2, 0) is 5.75 Å². The van der Waals surface area contributed by atoms with Crippen molar-refractivity contribution in [2.24, 2.45) is 0 Å². The number of hydrogen-bond acceptors (Lipinski definition) is 6. The molecule has 1 N–H and O–H groups in total. The molecule has 3 heterocycles. The SMILES string of the molecule is COc1ccc(-c2sc(-c3cc[nH+]cc3)cc2CSc2nc(C)cc(C)n2)cc1OC. The van der Waals surface area contributed by atoms with Gasteiger partial charge < -0.3 is 9.47 Å². The number of benzene rings is 1. The predicted molar refractivity (Wildman–Crippen MR) is 126 cm³/mol. The van der Waals surface area contributed by atoms with Crippen LogP contribution >= 0.6 is 23.1 Å². The average Bonchev–Trinajstić information content (AvgIpc) is 3.21. The van der Waals surface area contributed by atoms with Crippen molar-refractivity contribution in [1.82, 2.24) is 9.97 Å². The number of aromatic amines is 1. The first kappa shape index (κ1) is 21.3. The van der Waals surface area contributed by atoms with Gasteiger partial charge in [0.05, 0.1) is 14.2 Å². The molecule has 0 amide bonds. The highest BCUT2D eigenvalue weighted by molar-refractivity contribution is 7.98. The van der Waals surface area contributed by atoms with Gasteiger partial charge in [0.1, 0.15) is 0 Å². The van der Waals surface area contributed by atoms with Gasteiger partial charge in [0.25, 0.3) is 0 Å². The molecule has 0 saturated heterocycles. The smallest absolute Gasteiger partial charge is 0.188 e. The first-order valence-corrected chi connectivity index (χ1v) is 11.6. The minimum absolute atomic E-state index is 0.723. The summed E-state index contributed by atoms with van der Waals surface area (Å²) >= 11 is 3.43. The second-order valence-electron chi connectivity index (χ2n) is 7.05. The Hall–Kier alpha value is -2.90. The quantitative estimate of drug-likeness (QED) is 0.270. The van der Waals surface area contributed by atoms with Crippen molar-refractivity contribution >= 4 is 23.1 Å². The summed E-state index contributed by atoms with van der Waals surface area (Å²) in [5.74, 6) is 2.23.